The third-order valence-electron chi connectivity index (χ3n) is 4.70. The molecule has 0 saturated heterocycles. The van der Waals surface area contributed by atoms with Crippen molar-refractivity contribution < 1.29 is 31.1 Å². The summed E-state index contributed by atoms with van der Waals surface area (Å²) in [5.41, 5.74) is 1.25. The van der Waals surface area contributed by atoms with Gasteiger partial charge in [-0.15, -0.1) is 0 Å². The first kappa shape index (κ1) is 22.2. The van der Waals surface area contributed by atoms with E-state index in [0.717, 1.165) is 23.1 Å². The highest BCUT2D eigenvalue weighted by Gasteiger charge is 2.24. The number of rotatable bonds is 4. The van der Waals surface area contributed by atoms with Crippen LogP contribution in [-0.2, 0) is 6.61 Å². The Morgan fingerprint density at radius 1 is 0.848 bits per heavy atom. The zero-order valence-corrected chi connectivity index (χ0v) is 16.7. The summed E-state index contributed by atoms with van der Waals surface area (Å²) in [6, 6.07) is 15.9. The fourth-order valence-electron chi connectivity index (χ4n) is 3.19. The number of hydrogen-bond acceptors (Lipinski definition) is 2. The fourth-order valence-corrected chi connectivity index (χ4v) is 3.19. The predicted octanol–water partition coefficient (Wildman–Crippen LogP) is 6.81. The molecule has 0 N–H and O–H groups in total. The molecule has 4 aromatic rings. The Bertz CT molecular complexity index is 1370. The number of alkyl halides is 3. The highest BCUT2D eigenvalue weighted by molar-refractivity contribution is 5.87. The highest BCUT2D eigenvalue weighted by Crippen LogP contribution is 2.30. The molecule has 2 nitrogen and oxygen atoms in total. The van der Waals surface area contributed by atoms with Crippen LogP contribution in [-0.4, -0.2) is 11.2 Å². The van der Waals surface area contributed by atoms with Gasteiger partial charge in [0, 0.05) is 23.7 Å². The summed E-state index contributed by atoms with van der Waals surface area (Å²) < 4.78 is 85.5. The van der Waals surface area contributed by atoms with E-state index < -0.39 is 34.6 Å². The van der Waals surface area contributed by atoms with Crippen molar-refractivity contribution >= 4 is 10.8 Å². The van der Waals surface area contributed by atoms with Crippen LogP contribution in [0.2, 0.25) is 0 Å². The van der Waals surface area contributed by atoms with E-state index in [0.29, 0.717) is 11.8 Å². The lowest BCUT2D eigenvalue weighted by Gasteiger charge is -2.10. The molecule has 1 aromatic heterocycles. The molecule has 33 heavy (non-hydrogen) atoms. The molecule has 0 amide bonds. The molecule has 0 fully saturated rings. The molecule has 0 aliphatic rings. The number of halogens is 6. The Morgan fingerprint density at radius 3 is 2.27 bits per heavy atom. The van der Waals surface area contributed by atoms with Gasteiger partial charge in [0.05, 0.1) is 16.6 Å². The van der Waals surface area contributed by atoms with Gasteiger partial charge in [-0.2, -0.15) is 13.2 Å². The minimum absolute atomic E-state index is 0.0261. The van der Waals surface area contributed by atoms with E-state index in [2.05, 4.69) is 4.98 Å². The normalized spacial score (nSPS) is 11.2. The molecular formula is C25H13F6NO. The first-order valence-electron chi connectivity index (χ1n) is 9.55. The molecule has 166 valence electrons. The highest BCUT2D eigenvalue weighted by atomic mass is 19.4. The van der Waals surface area contributed by atoms with Crippen molar-refractivity contribution in [3.05, 3.63) is 95.6 Å². The number of pyridine rings is 1. The van der Waals surface area contributed by atoms with Gasteiger partial charge in [-0.1, -0.05) is 42.3 Å². The number of ether oxygens (including phenoxy) is 1. The topological polar surface area (TPSA) is 22.1 Å². The second kappa shape index (κ2) is 8.87. The molecule has 0 spiro atoms. The summed E-state index contributed by atoms with van der Waals surface area (Å²) in [6.45, 7) is -0.0415. The third kappa shape index (κ3) is 5.09. The molecule has 0 unspecified atom stereocenters. The van der Waals surface area contributed by atoms with E-state index in [1.165, 1.54) is 12.0 Å². The van der Waals surface area contributed by atoms with Crippen LogP contribution in [0.5, 0.6) is 5.75 Å². The number of nitrogens with zero attached hydrogens (tertiary/aromatic N) is 1. The molecule has 1 heterocycles. The zero-order valence-electron chi connectivity index (χ0n) is 16.7. The summed E-state index contributed by atoms with van der Waals surface area (Å²) >= 11 is 0. The molecule has 0 bridgehead atoms. The van der Waals surface area contributed by atoms with Crippen molar-refractivity contribution in [2.45, 2.75) is 12.8 Å². The maximum atomic E-state index is 14.5. The summed E-state index contributed by atoms with van der Waals surface area (Å²) in [5, 5.41) is -0.898. The summed E-state index contributed by atoms with van der Waals surface area (Å²) in [4.78, 5) is 4.29. The Labute approximate surface area is 184 Å². The van der Waals surface area contributed by atoms with Crippen LogP contribution in [0.25, 0.3) is 21.9 Å². The van der Waals surface area contributed by atoms with Crippen LogP contribution in [0.3, 0.4) is 0 Å². The van der Waals surface area contributed by atoms with Crippen molar-refractivity contribution in [3.63, 3.8) is 0 Å². The first-order valence-corrected chi connectivity index (χ1v) is 9.55. The number of hydrogen-bond donors (Lipinski definition) is 0. The smallest absolute Gasteiger partial charge is 0.458 e. The minimum atomic E-state index is -4.95. The van der Waals surface area contributed by atoms with E-state index in [-0.39, 0.29) is 17.7 Å². The Kier molecular flexibility index (Phi) is 5.97. The maximum Gasteiger partial charge on any atom is 0.458 e. The van der Waals surface area contributed by atoms with Gasteiger partial charge in [0.25, 0.3) is 0 Å². The lowest BCUT2D eigenvalue weighted by atomic mass is 10.0. The van der Waals surface area contributed by atoms with Crippen molar-refractivity contribution in [2.24, 2.45) is 0 Å². The largest absolute Gasteiger partial charge is 0.487 e. The monoisotopic (exact) mass is 457 g/mol. The number of fused-ring (bicyclic) bond motifs is 1. The van der Waals surface area contributed by atoms with Crippen LogP contribution in [0.4, 0.5) is 26.3 Å². The molecule has 0 saturated carbocycles. The predicted molar refractivity (Wildman–Crippen MR) is 111 cm³/mol. The fraction of sp³-hybridized carbons (Fsp3) is 0.0800. The minimum Gasteiger partial charge on any atom is -0.487 e. The number of aromatic nitrogens is 1. The van der Waals surface area contributed by atoms with Gasteiger partial charge in [0.2, 0.25) is 0 Å². The summed E-state index contributed by atoms with van der Waals surface area (Å²) in [7, 11) is 0. The van der Waals surface area contributed by atoms with Crippen molar-refractivity contribution in [2.75, 3.05) is 0 Å². The lowest BCUT2D eigenvalue weighted by molar-refractivity contribution is -0.0696. The number of benzene rings is 3. The quantitative estimate of drug-likeness (QED) is 0.248. The maximum absolute atomic E-state index is 14.5. The molecule has 3 aromatic carbocycles. The van der Waals surface area contributed by atoms with Gasteiger partial charge < -0.3 is 4.74 Å². The molecule has 0 atom stereocenters. The second-order valence-corrected chi connectivity index (χ2v) is 6.99. The molecule has 0 aliphatic heterocycles. The molecule has 8 heteroatoms. The zero-order chi connectivity index (χ0) is 23.6. The van der Waals surface area contributed by atoms with Crippen LogP contribution in [0.1, 0.15) is 11.3 Å². The first-order chi connectivity index (χ1) is 15.7. The van der Waals surface area contributed by atoms with E-state index >= 15 is 0 Å². The second-order valence-electron chi connectivity index (χ2n) is 6.99. The third-order valence-corrected chi connectivity index (χ3v) is 4.70. The Morgan fingerprint density at radius 2 is 1.61 bits per heavy atom. The summed E-state index contributed by atoms with van der Waals surface area (Å²) in [6.07, 6.45) is -3.29. The van der Waals surface area contributed by atoms with Crippen LogP contribution in [0.15, 0.2) is 66.9 Å². The molecule has 0 radical (unpaired) electrons. The average molecular weight is 457 g/mol. The molecule has 4 rings (SSSR count). The Hall–Kier alpha value is -3.99. The lowest BCUT2D eigenvalue weighted by Crippen LogP contribution is -2.03. The van der Waals surface area contributed by atoms with E-state index in [9.17, 15) is 26.3 Å². The molecule has 0 aliphatic carbocycles. The van der Waals surface area contributed by atoms with Crippen LogP contribution in [0, 0.1) is 29.3 Å². The van der Waals surface area contributed by atoms with Crippen molar-refractivity contribution in [3.8, 4) is 28.7 Å². The van der Waals surface area contributed by atoms with Crippen molar-refractivity contribution in [1.29, 1.82) is 0 Å². The molecular weight excluding hydrogens is 444 g/mol. The van der Waals surface area contributed by atoms with Gasteiger partial charge in [0.15, 0.2) is 5.82 Å². The standard InChI is InChI=1S/C25H13F6NO/c26-21-11-17-10-19(12-22(27)23(17)24(28)20(21)8-9-25(29,30)31)33-14-18-7-6-16(13-32-18)15-4-2-1-3-5-15/h1-7,10-13H,14H2. The van der Waals surface area contributed by atoms with Gasteiger partial charge in [-0.25, -0.2) is 13.2 Å². The van der Waals surface area contributed by atoms with E-state index in [1.54, 1.807) is 12.3 Å². The van der Waals surface area contributed by atoms with Gasteiger partial charge >= 0.3 is 6.18 Å². The van der Waals surface area contributed by atoms with Gasteiger partial charge in [-0.05, 0) is 29.1 Å². The van der Waals surface area contributed by atoms with Crippen LogP contribution >= 0.6 is 0 Å². The summed E-state index contributed by atoms with van der Waals surface area (Å²) in [5.74, 6) is -1.83. The van der Waals surface area contributed by atoms with Crippen molar-refractivity contribution in [1.82, 2.24) is 4.98 Å². The van der Waals surface area contributed by atoms with Crippen LogP contribution < -0.4 is 4.74 Å². The Balaban J connectivity index is 1.57. The van der Waals surface area contributed by atoms with E-state index in [4.69, 9.17) is 4.74 Å². The van der Waals surface area contributed by atoms with Gasteiger partial charge in [0.1, 0.15) is 24.0 Å². The average Bonchev–Trinajstić information content (AvgIpc) is 2.77. The SMILES string of the molecule is Fc1cc2cc(OCc3ccc(-c4ccccc4)cn3)cc(F)c2c(F)c1C#CC(F)(F)F. The van der Waals surface area contributed by atoms with Gasteiger partial charge in [-0.3, -0.25) is 4.98 Å². The van der Waals surface area contributed by atoms with E-state index in [1.807, 2.05) is 36.4 Å².